The molecule has 0 saturated carbocycles. The van der Waals surface area contributed by atoms with E-state index >= 15 is 0 Å². The summed E-state index contributed by atoms with van der Waals surface area (Å²) >= 11 is 0. The fraction of sp³-hybridized carbons (Fsp3) is 0.308. The third kappa shape index (κ3) is 5.57. The summed E-state index contributed by atoms with van der Waals surface area (Å²) < 4.78 is 5.59. The number of nitrogens with two attached hydrogens (primary N) is 1. The fourth-order valence-electron chi connectivity index (χ4n) is 4.76. The summed E-state index contributed by atoms with van der Waals surface area (Å²) in [7, 11) is 0. The number of furan rings is 1. The van der Waals surface area contributed by atoms with Crippen molar-refractivity contribution in [2.75, 3.05) is 37.6 Å². The van der Waals surface area contributed by atoms with Gasteiger partial charge in [-0.3, -0.25) is 9.69 Å². The molecule has 0 radical (unpaired) electrons. The summed E-state index contributed by atoms with van der Waals surface area (Å²) in [5.41, 5.74) is 10.3. The van der Waals surface area contributed by atoms with Crippen molar-refractivity contribution in [2.24, 2.45) is 5.73 Å². The lowest BCUT2D eigenvalue weighted by Gasteiger charge is -2.36. The standard InChI is InChI=1S/C26H27N5O2.2ClH/c27-16-18-7-8-22-20(14-18)19(17-29-22)4-1-2-9-30-10-12-31(13-11-30)23-5-3-6-24-21(23)15-25(33-24)26(28)32;;/h3,5-8,14-15,17,29H,1-2,4,9-13H2,(H2,28,32);2*1H. The molecule has 4 aromatic rings. The first-order valence-corrected chi connectivity index (χ1v) is 11.4. The molecule has 5 rings (SSSR count). The van der Waals surface area contributed by atoms with E-state index in [-0.39, 0.29) is 30.6 Å². The van der Waals surface area contributed by atoms with E-state index in [1.54, 1.807) is 6.07 Å². The third-order valence-corrected chi connectivity index (χ3v) is 6.56. The normalized spacial score (nSPS) is 13.9. The van der Waals surface area contributed by atoms with Crippen molar-refractivity contribution in [3.63, 3.8) is 0 Å². The Morgan fingerprint density at radius 2 is 1.86 bits per heavy atom. The zero-order valence-corrected chi connectivity index (χ0v) is 21.0. The van der Waals surface area contributed by atoms with E-state index in [2.05, 4.69) is 33.1 Å². The number of hydrogen-bond donors (Lipinski definition) is 2. The minimum atomic E-state index is -0.542. The van der Waals surface area contributed by atoms with E-state index in [4.69, 9.17) is 15.4 Å². The second-order valence-electron chi connectivity index (χ2n) is 8.64. The Kier molecular flexibility index (Phi) is 8.68. The molecule has 0 spiro atoms. The van der Waals surface area contributed by atoms with E-state index < -0.39 is 5.91 Å². The van der Waals surface area contributed by atoms with Crippen LogP contribution in [0.25, 0.3) is 21.9 Å². The number of carbonyl (C=O) groups excluding carboxylic acids is 1. The summed E-state index contributed by atoms with van der Waals surface area (Å²) in [6, 6.07) is 15.7. The minimum absolute atomic E-state index is 0. The first kappa shape index (κ1) is 26.4. The highest BCUT2D eigenvalue weighted by atomic mass is 35.5. The van der Waals surface area contributed by atoms with E-state index in [0.29, 0.717) is 11.1 Å². The third-order valence-electron chi connectivity index (χ3n) is 6.56. The van der Waals surface area contributed by atoms with E-state index in [1.165, 1.54) is 5.56 Å². The molecule has 184 valence electrons. The maximum atomic E-state index is 11.5. The van der Waals surface area contributed by atoms with Gasteiger partial charge in [0.2, 0.25) is 0 Å². The van der Waals surface area contributed by atoms with Crippen molar-refractivity contribution in [1.82, 2.24) is 9.88 Å². The molecule has 0 bridgehead atoms. The van der Waals surface area contributed by atoms with Crippen molar-refractivity contribution in [2.45, 2.75) is 19.3 Å². The zero-order valence-electron chi connectivity index (χ0n) is 19.3. The van der Waals surface area contributed by atoms with Crippen LogP contribution in [0.2, 0.25) is 0 Å². The Hall–Kier alpha value is -3.18. The number of carbonyl (C=O) groups is 1. The molecule has 35 heavy (non-hydrogen) atoms. The second kappa shape index (κ2) is 11.5. The molecule has 9 heteroatoms. The molecule has 2 aromatic carbocycles. The Morgan fingerprint density at radius 1 is 1.06 bits per heavy atom. The monoisotopic (exact) mass is 513 g/mol. The highest BCUT2D eigenvalue weighted by Crippen LogP contribution is 2.30. The number of unbranched alkanes of at least 4 members (excludes halogenated alkanes) is 1. The molecular weight excluding hydrogens is 485 g/mol. The van der Waals surface area contributed by atoms with Crippen LogP contribution in [0.4, 0.5) is 5.69 Å². The molecule has 1 fully saturated rings. The SMILES string of the molecule is Cl.Cl.N#Cc1ccc2[nH]cc(CCCCN3CCN(c4cccc5oc(C(N)=O)cc45)CC3)c2c1. The van der Waals surface area contributed by atoms with Crippen LogP contribution < -0.4 is 10.6 Å². The summed E-state index contributed by atoms with van der Waals surface area (Å²) in [6.45, 7) is 4.98. The Morgan fingerprint density at radius 3 is 2.60 bits per heavy atom. The number of aromatic nitrogens is 1. The lowest BCUT2D eigenvalue weighted by Crippen LogP contribution is -2.46. The molecule has 1 aliphatic rings. The van der Waals surface area contributed by atoms with Gasteiger partial charge >= 0.3 is 0 Å². The molecule has 1 aliphatic heterocycles. The summed E-state index contributed by atoms with van der Waals surface area (Å²) in [4.78, 5) is 19.7. The van der Waals surface area contributed by atoms with Gasteiger partial charge in [0.1, 0.15) is 5.58 Å². The first-order valence-electron chi connectivity index (χ1n) is 11.4. The number of rotatable bonds is 7. The molecule has 0 aliphatic carbocycles. The molecule has 1 saturated heterocycles. The molecule has 7 nitrogen and oxygen atoms in total. The summed E-state index contributed by atoms with van der Waals surface area (Å²) in [6.07, 6.45) is 5.35. The van der Waals surface area contributed by atoms with Crippen LogP contribution in [0.15, 0.2) is 53.1 Å². The van der Waals surface area contributed by atoms with E-state index in [0.717, 1.165) is 74.0 Å². The predicted octanol–water partition coefficient (Wildman–Crippen LogP) is 4.87. The Bertz CT molecular complexity index is 1350. The highest BCUT2D eigenvalue weighted by molar-refractivity contribution is 5.99. The number of nitriles is 1. The molecule has 1 amide bonds. The second-order valence-corrected chi connectivity index (χ2v) is 8.64. The van der Waals surface area contributed by atoms with Crippen LogP contribution in [-0.2, 0) is 6.42 Å². The predicted molar refractivity (Wildman–Crippen MR) is 144 cm³/mol. The number of H-pyrrole nitrogens is 1. The largest absolute Gasteiger partial charge is 0.451 e. The van der Waals surface area contributed by atoms with Gasteiger partial charge in [-0.1, -0.05) is 6.07 Å². The van der Waals surface area contributed by atoms with Crippen molar-refractivity contribution in [3.8, 4) is 6.07 Å². The van der Waals surface area contributed by atoms with Crippen LogP contribution in [0.5, 0.6) is 0 Å². The number of halogens is 2. The quantitative estimate of drug-likeness (QED) is 0.343. The van der Waals surface area contributed by atoms with Gasteiger partial charge < -0.3 is 20.0 Å². The van der Waals surface area contributed by atoms with Crippen molar-refractivity contribution in [3.05, 3.63) is 65.5 Å². The molecule has 0 unspecified atom stereocenters. The Labute approximate surface area is 216 Å². The number of nitrogens with one attached hydrogen (secondary N) is 1. The van der Waals surface area contributed by atoms with Crippen molar-refractivity contribution < 1.29 is 9.21 Å². The highest BCUT2D eigenvalue weighted by Gasteiger charge is 2.20. The number of piperazine rings is 1. The van der Waals surface area contributed by atoms with Crippen LogP contribution in [0.1, 0.15) is 34.5 Å². The van der Waals surface area contributed by atoms with Gasteiger partial charge in [-0.15, -0.1) is 24.8 Å². The van der Waals surface area contributed by atoms with E-state index in [9.17, 15) is 4.79 Å². The number of benzene rings is 2. The number of primary amides is 1. The lowest BCUT2D eigenvalue weighted by atomic mass is 10.0. The van der Waals surface area contributed by atoms with Crippen molar-refractivity contribution >= 4 is 58.3 Å². The number of anilines is 1. The summed E-state index contributed by atoms with van der Waals surface area (Å²) in [5, 5.41) is 11.3. The minimum Gasteiger partial charge on any atom is -0.451 e. The maximum absolute atomic E-state index is 11.5. The van der Waals surface area contributed by atoms with Gasteiger partial charge in [0.25, 0.3) is 5.91 Å². The topological polar surface area (TPSA) is 102 Å². The molecule has 3 N–H and O–H groups in total. The Balaban J connectivity index is 0.00000171. The van der Waals surface area contributed by atoms with Gasteiger partial charge in [0, 0.05) is 54.4 Å². The molecule has 3 heterocycles. The van der Waals surface area contributed by atoms with Crippen molar-refractivity contribution in [1.29, 1.82) is 5.26 Å². The molecular formula is C26H29Cl2N5O2. The van der Waals surface area contributed by atoms with Crippen LogP contribution in [-0.4, -0.2) is 48.5 Å². The van der Waals surface area contributed by atoms with Crippen LogP contribution >= 0.6 is 24.8 Å². The van der Waals surface area contributed by atoms with Gasteiger partial charge in [0.05, 0.1) is 11.6 Å². The fourth-order valence-corrected chi connectivity index (χ4v) is 4.76. The number of aromatic amines is 1. The van der Waals surface area contributed by atoms with Gasteiger partial charge in [-0.2, -0.15) is 5.26 Å². The average molecular weight is 514 g/mol. The number of amides is 1. The smallest absolute Gasteiger partial charge is 0.284 e. The number of fused-ring (bicyclic) bond motifs is 2. The summed E-state index contributed by atoms with van der Waals surface area (Å²) in [5.74, 6) is -0.338. The van der Waals surface area contributed by atoms with Gasteiger partial charge in [0.15, 0.2) is 5.76 Å². The average Bonchev–Trinajstić information content (AvgIpc) is 3.46. The number of nitrogens with zero attached hydrogens (tertiary/aromatic N) is 3. The number of hydrogen-bond acceptors (Lipinski definition) is 5. The van der Waals surface area contributed by atoms with E-state index in [1.807, 2.05) is 30.3 Å². The number of aryl methyl sites for hydroxylation is 1. The van der Waals surface area contributed by atoms with Crippen LogP contribution in [0, 0.1) is 11.3 Å². The van der Waals surface area contributed by atoms with Gasteiger partial charge in [-0.05, 0) is 67.8 Å². The zero-order chi connectivity index (χ0) is 22.8. The van der Waals surface area contributed by atoms with Crippen LogP contribution in [0.3, 0.4) is 0 Å². The molecule has 0 atom stereocenters. The molecule has 2 aromatic heterocycles. The maximum Gasteiger partial charge on any atom is 0.284 e. The first-order chi connectivity index (χ1) is 16.1. The van der Waals surface area contributed by atoms with Gasteiger partial charge in [-0.25, -0.2) is 0 Å². The lowest BCUT2D eigenvalue weighted by molar-refractivity contribution is 0.0976.